The summed E-state index contributed by atoms with van der Waals surface area (Å²) in [6, 6.07) is 0.120. The van der Waals surface area contributed by atoms with Gasteiger partial charge in [-0.1, -0.05) is 27.7 Å². The minimum Gasteiger partial charge on any atom is -0.565 e. The van der Waals surface area contributed by atoms with Gasteiger partial charge in [0.25, 0.3) is 0 Å². The zero-order valence-electron chi connectivity index (χ0n) is 9.30. The molecule has 0 aromatic heterocycles. The Hall–Kier alpha value is -0.100. The van der Waals surface area contributed by atoms with Crippen molar-refractivity contribution in [1.29, 1.82) is 0 Å². The molecular weight excluding hydrogens is 221 g/mol. The Morgan fingerprint density at radius 2 is 1.67 bits per heavy atom. The first-order valence-corrected chi connectivity index (χ1v) is 5.57. The molecule has 1 aliphatic carbocycles. The summed E-state index contributed by atoms with van der Waals surface area (Å²) in [5.41, 5.74) is 5.68. The average Bonchev–Trinajstić information content (AvgIpc) is 2.16. The molecule has 7 heteroatoms. The van der Waals surface area contributed by atoms with Gasteiger partial charge < -0.3 is 15.7 Å². The van der Waals surface area contributed by atoms with Crippen molar-refractivity contribution in [2.45, 2.75) is 39.8 Å². The maximum Gasteiger partial charge on any atom is 0.521 e. The van der Waals surface area contributed by atoms with E-state index in [-0.39, 0.29) is 24.4 Å². The highest BCUT2D eigenvalue weighted by molar-refractivity contribution is 7.30. The lowest BCUT2D eigenvalue weighted by atomic mass is 9.50. The van der Waals surface area contributed by atoms with Gasteiger partial charge in [0.1, 0.15) is 0 Å². The second kappa shape index (κ2) is 4.82. The van der Waals surface area contributed by atoms with E-state index in [1.165, 1.54) is 0 Å². The molecule has 0 radical (unpaired) electrons. The van der Waals surface area contributed by atoms with E-state index in [1.807, 2.05) is 27.7 Å². The lowest BCUT2D eigenvalue weighted by Gasteiger charge is -2.60. The standard InChI is InChI=1S/C8H17NO.HO4P.H2/c1-7(2)5(9)8(3,4)6(7)10;1-4-5(2)3;/h5-6,10H,9H2,1-4H3;1H;1H. The van der Waals surface area contributed by atoms with Gasteiger partial charge in [-0.15, -0.1) is 0 Å². The first-order valence-electron chi connectivity index (χ1n) is 4.48. The molecule has 1 unspecified atom stereocenters. The fraction of sp³-hybridized carbons (Fsp3) is 1.00. The van der Waals surface area contributed by atoms with Crippen LogP contribution in [0.25, 0.3) is 0 Å². The van der Waals surface area contributed by atoms with Gasteiger partial charge in [-0.3, -0.25) is 0 Å². The highest BCUT2D eigenvalue weighted by atomic mass is 31.1. The topological polar surface area (TPSA) is 116 Å². The summed E-state index contributed by atoms with van der Waals surface area (Å²) in [4.78, 5) is 8.93. The number of aliphatic hydroxyl groups is 1. The fourth-order valence-electron chi connectivity index (χ4n) is 2.16. The van der Waals surface area contributed by atoms with Crippen LogP contribution in [0.15, 0.2) is 0 Å². The van der Waals surface area contributed by atoms with Crippen molar-refractivity contribution >= 4 is 8.25 Å². The first kappa shape index (κ1) is 14.9. The molecule has 1 saturated carbocycles. The number of hydrogen-bond donors (Lipinski definition) is 3. The number of rotatable bonds is 1. The molecule has 0 aromatic carbocycles. The summed E-state index contributed by atoms with van der Waals surface area (Å²) >= 11 is 0. The van der Waals surface area contributed by atoms with Crippen LogP contribution in [0.2, 0.25) is 0 Å². The average molecular weight is 241 g/mol. The Bertz CT molecular complexity index is 219. The van der Waals surface area contributed by atoms with Gasteiger partial charge in [0.2, 0.25) is 0 Å². The van der Waals surface area contributed by atoms with E-state index in [1.54, 1.807) is 0 Å². The van der Waals surface area contributed by atoms with Crippen molar-refractivity contribution in [3.05, 3.63) is 0 Å². The molecule has 0 heterocycles. The Balaban J connectivity index is 0. The van der Waals surface area contributed by atoms with Crippen molar-refractivity contribution in [3.8, 4) is 0 Å². The molecule has 6 nitrogen and oxygen atoms in total. The molecule has 1 fully saturated rings. The van der Waals surface area contributed by atoms with Crippen LogP contribution in [0.3, 0.4) is 0 Å². The van der Waals surface area contributed by atoms with Crippen molar-refractivity contribution in [2.24, 2.45) is 16.6 Å². The lowest BCUT2D eigenvalue weighted by molar-refractivity contribution is -0.244. The summed E-state index contributed by atoms with van der Waals surface area (Å²) < 4.78 is 11.6. The van der Waals surface area contributed by atoms with Crippen LogP contribution in [-0.4, -0.2) is 22.5 Å². The highest BCUT2D eigenvalue weighted by Gasteiger charge is 2.59. The van der Waals surface area contributed by atoms with Gasteiger partial charge in [-0.25, -0.2) is 5.26 Å². The van der Waals surface area contributed by atoms with Crippen LogP contribution >= 0.6 is 8.25 Å². The monoisotopic (exact) mass is 241 g/mol. The summed E-state index contributed by atoms with van der Waals surface area (Å²) in [5, 5.41) is 16.6. The van der Waals surface area contributed by atoms with Crippen LogP contribution in [-0.2, 0) is 9.24 Å². The molecule has 0 bridgehead atoms. The Labute approximate surface area is 91.4 Å². The van der Waals surface area contributed by atoms with Crippen molar-refractivity contribution in [1.82, 2.24) is 0 Å². The summed E-state index contributed by atoms with van der Waals surface area (Å²) in [5.74, 6) is 0. The van der Waals surface area contributed by atoms with Crippen molar-refractivity contribution < 1.29 is 25.9 Å². The molecule has 0 spiro atoms. The third-order valence-corrected chi connectivity index (χ3v) is 3.21. The lowest BCUT2D eigenvalue weighted by Crippen LogP contribution is -2.71. The number of nitrogens with two attached hydrogens (primary N) is 1. The van der Waals surface area contributed by atoms with Crippen molar-refractivity contribution in [3.63, 3.8) is 0 Å². The molecule has 15 heavy (non-hydrogen) atoms. The number of hydrogen-bond acceptors (Lipinski definition) is 6. The van der Waals surface area contributed by atoms with Gasteiger partial charge in [-0.2, -0.15) is 0 Å². The minimum atomic E-state index is -3.04. The Morgan fingerprint density at radius 1 is 1.40 bits per heavy atom. The zero-order valence-corrected chi connectivity index (χ0v) is 10.2. The Morgan fingerprint density at radius 3 is 1.73 bits per heavy atom. The van der Waals surface area contributed by atoms with E-state index in [2.05, 4.69) is 4.67 Å². The van der Waals surface area contributed by atoms with E-state index < -0.39 is 8.25 Å². The normalized spacial score (nSPS) is 32.1. The van der Waals surface area contributed by atoms with E-state index in [4.69, 9.17) is 20.4 Å². The summed E-state index contributed by atoms with van der Waals surface area (Å²) in [6.07, 6.45) is -0.255. The SMILES string of the molecule is CC1(C)C(N)C(C)(C)C1O.O=[P+]([O-])OO.[HH]. The molecule has 0 amide bonds. The predicted octanol–water partition coefficient (Wildman–Crippen LogP) is 0.480. The molecule has 1 aliphatic rings. The highest BCUT2D eigenvalue weighted by Crippen LogP contribution is 2.52. The van der Waals surface area contributed by atoms with Crippen LogP contribution in [0.5, 0.6) is 0 Å². The van der Waals surface area contributed by atoms with Gasteiger partial charge >= 0.3 is 8.25 Å². The third kappa shape index (κ3) is 2.93. The quantitative estimate of drug-likeness (QED) is 0.349. The zero-order chi connectivity index (χ0) is 12.4. The fourth-order valence-corrected chi connectivity index (χ4v) is 2.16. The molecule has 0 aromatic rings. The van der Waals surface area contributed by atoms with Crippen molar-refractivity contribution in [2.75, 3.05) is 0 Å². The molecule has 0 aliphatic heterocycles. The maximum absolute atomic E-state index is 9.59. The molecule has 92 valence electrons. The van der Waals surface area contributed by atoms with Gasteiger partial charge in [-0.05, 0) is 4.57 Å². The largest absolute Gasteiger partial charge is 0.565 e. The van der Waals surface area contributed by atoms with E-state index in [9.17, 15) is 5.11 Å². The first-order chi connectivity index (χ1) is 6.58. The van der Waals surface area contributed by atoms with E-state index in [0.717, 1.165) is 0 Å². The van der Waals surface area contributed by atoms with Crippen LogP contribution in [0.4, 0.5) is 0 Å². The smallest absolute Gasteiger partial charge is 0.521 e. The number of aliphatic hydroxyl groups excluding tert-OH is 1. The summed E-state index contributed by atoms with van der Waals surface area (Å²) in [7, 11) is -3.04. The Kier molecular flexibility index (Phi) is 4.79. The van der Waals surface area contributed by atoms with Gasteiger partial charge in [0.15, 0.2) is 0 Å². The third-order valence-electron chi connectivity index (χ3n) is 3.08. The maximum atomic E-state index is 9.59. The predicted molar refractivity (Wildman–Crippen MR) is 55.0 cm³/mol. The van der Waals surface area contributed by atoms with Crippen LogP contribution < -0.4 is 10.6 Å². The second-order valence-corrected chi connectivity index (χ2v) is 5.44. The molecule has 4 N–H and O–H groups in total. The van der Waals surface area contributed by atoms with Gasteiger partial charge in [0.05, 0.1) is 6.10 Å². The summed E-state index contributed by atoms with van der Waals surface area (Å²) in [6.45, 7) is 8.03. The minimum absolute atomic E-state index is 0. The molecule has 0 saturated heterocycles. The van der Waals surface area contributed by atoms with Gasteiger partial charge in [0, 0.05) is 23.0 Å². The molecule has 1 rings (SSSR count). The van der Waals surface area contributed by atoms with E-state index in [0.29, 0.717) is 0 Å². The van der Waals surface area contributed by atoms with E-state index >= 15 is 0 Å². The van der Waals surface area contributed by atoms with Crippen LogP contribution in [0, 0.1) is 10.8 Å². The second-order valence-electron chi connectivity index (χ2n) is 4.83. The molecule has 1 atom stereocenters. The van der Waals surface area contributed by atoms with Crippen LogP contribution in [0.1, 0.15) is 29.1 Å². The molecular formula is C8H20NO5P.